The Hall–Kier alpha value is -1.07. The third-order valence-corrected chi connectivity index (χ3v) is 5.51. The molecule has 1 aromatic carbocycles. The van der Waals surface area contributed by atoms with Crippen LogP contribution in [-0.4, -0.2) is 32.5 Å². The summed E-state index contributed by atoms with van der Waals surface area (Å²) in [5.41, 5.74) is -0.387. The van der Waals surface area contributed by atoms with Crippen molar-refractivity contribution in [2.24, 2.45) is 0 Å². The van der Waals surface area contributed by atoms with Gasteiger partial charge in [-0.3, -0.25) is 0 Å². The Bertz CT molecular complexity index is 556. The lowest BCUT2D eigenvalue weighted by atomic mass is 10.1. The van der Waals surface area contributed by atoms with E-state index in [9.17, 15) is 8.42 Å². The number of unbranched alkanes of at least 4 members (excludes halogenated alkanes) is 2. The third kappa shape index (κ3) is 4.45. The molecule has 0 amide bonds. The molecule has 0 N–H and O–H groups in total. The van der Waals surface area contributed by atoms with Crippen molar-refractivity contribution in [3.05, 3.63) is 24.3 Å². The minimum atomic E-state index is -3.18. The van der Waals surface area contributed by atoms with Gasteiger partial charge in [0.15, 0.2) is 9.84 Å². The first-order chi connectivity index (χ1) is 9.85. The molecule has 1 aliphatic rings. The summed E-state index contributed by atoms with van der Waals surface area (Å²) in [5, 5.41) is 0. The molecular formula is C16H24O4S. The zero-order valence-corrected chi connectivity index (χ0v) is 13.8. The highest BCUT2D eigenvalue weighted by molar-refractivity contribution is 7.91. The second kappa shape index (κ2) is 6.36. The highest BCUT2D eigenvalue weighted by Gasteiger charge is 2.41. The van der Waals surface area contributed by atoms with Crippen molar-refractivity contribution in [3.8, 4) is 5.75 Å². The standard InChI is InChI=1S/C16H24O4S/c1-4-5-6-11-21(17,18)14-9-7-13(8-10-14)20-16(2,3)15-12-19-15/h7-10,15H,4-6,11-12H2,1-3H3. The first-order valence-corrected chi connectivity index (χ1v) is 9.14. The highest BCUT2D eigenvalue weighted by atomic mass is 32.2. The predicted molar refractivity (Wildman–Crippen MR) is 82.5 cm³/mol. The van der Waals surface area contributed by atoms with Gasteiger partial charge in [0.25, 0.3) is 0 Å². The van der Waals surface area contributed by atoms with Crippen LogP contribution >= 0.6 is 0 Å². The van der Waals surface area contributed by atoms with Gasteiger partial charge in [0.2, 0.25) is 0 Å². The maximum atomic E-state index is 12.2. The summed E-state index contributed by atoms with van der Waals surface area (Å²) in [6.07, 6.45) is 2.79. The molecule has 21 heavy (non-hydrogen) atoms. The maximum absolute atomic E-state index is 12.2. The molecule has 1 atom stereocenters. The molecule has 5 heteroatoms. The lowest BCUT2D eigenvalue weighted by molar-refractivity contribution is 0.0743. The summed E-state index contributed by atoms with van der Waals surface area (Å²) in [4.78, 5) is 0.367. The number of hydrogen-bond acceptors (Lipinski definition) is 4. The average molecular weight is 312 g/mol. The van der Waals surface area contributed by atoms with Gasteiger partial charge in [-0.15, -0.1) is 0 Å². The predicted octanol–water partition coefficient (Wildman–Crippen LogP) is 3.21. The van der Waals surface area contributed by atoms with Gasteiger partial charge in [0, 0.05) is 0 Å². The molecule has 4 nitrogen and oxygen atoms in total. The fourth-order valence-corrected chi connectivity index (χ4v) is 3.56. The van der Waals surface area contributed by atoms with E-state index in [1.165, 1.54) is 0 Å². The molecule has 1 aromatic rings. The second-order valence-electron chi connectivity index (χ2n) is 6.02. The van der Waals surface area contributed by atoms with Crippen LogP contribution in [0, 0.1) is 0 Å². The lowest BCUT2D eigenvalue weighted by Gasteiger charge is -2.24. The van der Waals surface area contributed by atoms with Gasteiger partial charge >= 0.3 is 0 Å². The topological polar surface area (TPSA) is 55.9 Å². The van der Waals surface area contributed by atoms with Crippen molar-refractivity contribution >= 4 is 9.84 Å². The van der Waals surface area contributed by atoms with Gasteiger partial charge in [0.1, 0.15) is 17.5 Å². The summed E-state index contributed by atoms with van der Waals surface area (Å²) >= 11 is 0. The van der Waals surface area contributed by atoms with Crippen LogP contribution in [0.4, 0.5) is 0 Å². The molecule has 0 saturated carbocycles. The zero-order valence-electron chi connectivity index (χ0n) is 13.0. The normalized spacial score (nSPS) is 18.5. The summed E-state index contributed by atoms with van der Waals surface area (Å²) in [6, 6.07) is 6.69. The SMILES string of the molecule is CCCCCS(=O)(=O)c1ccc(OC(C)(C)C2CO2)cc1. The average Bonchev–Trinajstić information content (AvgIpc) is 3.23. The van der Waals surface area contributed by atoms with E-state index < -0.39 is 9.84 Å². The van der Waals surface area contributed by atoms with E-state index in [2.05, 4.69) is 6.92 Å². The van der Waals surface area contributed by atoms with Crippen LogP contribution < -0.4 is 4.74 Å². The Morgan fingerprint density at radius 2 is 1.86 bits per heavy atom. The van der Waals surface area contributed by atoms with Crippen molar-refractivity contribution in [2.75, 3.05) is 12.4 Å². The lowest BCUT2D eigenvalue weighted by Crippen LogP contribution is -2.34. The highest BCUT2D eigenvalue weighted by Crippen LogP contribution is 2.30. The van der Waals surface area contributed by atoms with Crippen molar-refractivity contribution in [1.82, 2.24) is 0 Å². The van der Waals surface area contributed by atoms with Crippen LogP contribution in [0.3, 0.4) is 0 Å². The molecule has 0 bridgehead atoms. The van der Waals surface area contributed by atoms with Gasteiger partial charge in [-0.25, -0.2) is 8.42 Å². The Labute approximate surface area is 127 Å². The summed E-state index contributed by atoms with van der Waals surface area (Å²) in [6.45, 7) is 6.72. The van der Waals surface area contributed by atoms with E-state index in [-0.39, 0.29) is 17.5 Å². The Morgan fingerprint density at radius 3 is 2.38 bits per heavy atom. The molecule has 0 aromatic heterocycles. The monoisotopic (exact) mass is 312 g/mol. The summed E-state index contributed by atoms with van der Waals surface area (Å²) in [7, 11) is -3.18. The molecule has 118 valence electrons. The quantitative estimate of drug-likeness (QED) is 0.546. The number of benzene rings is 1. The Morgan fingerprint density at radius 1 is 1.24 bits per heavy atom. The summed E-state index contributed by atoms with van der Waals surface area (Å²) in [5.74, 6) is 0.880. The first-order valence-electron chi connectivity index (χ1n) is 7.48. The van der Waals surface area contributed by atoms with Gasteiger partial charge in [0.05, 0.1) is 17.3 Å². The fourth-order valence-electron chi connectivity index (χ4n) is 2.19. The Balaban J connectivity index is 2.01. The van der Waals surface area contributed by atoms with Crippen molar-refractivity contribution in [1.29, 1.82) is 0 Å². The second-order valence-corrected chi connectivity index (χ2v) is 8.13. The van der Waals surface area contributed by atoms with E-state index in [1.54, 1.807) is 24.3 Å². The molecule has 0 radical (unpaired) electrons. The maximum Gasteiger partial charge on any atom is 0.178 e. The van der Waals surface area contributed by atoms with E-state index in [0.29, 0.717) is 17.1 Å². The van der Waals surface area contributed by atoms with Crippen LogP contribution in [0.2, 0.25) is 0 Å². The van der Waals surface area contributed by atoms with Crippen molar-refractivity contribution in [3.63, 3.8) is 0 Å². The molecular weight excluding hydrogens is 288 g/mol. The zero-order chi connectivity index (χ0) is 15.5. The Kier molecular flexibility index (Phi) is 4.94. The van der Waals surface area contributed by atoms with E-state index in [4.69, 9.17) is 9.47 Å². The minimum Gasteiger partial charge on any atom is -0.485 e. The third-order valence-electron chi connectivity index (χ3n) is 3.69. The number of ether oxygens (including phenoxy) is 2. The molecule has 1 saturated heterocycles. The van der Waals surface area contributed by atoms with Gasteiger partial charge < -0.3 is 9.47 Å². The fraction of sp³-hybridized carbons (Fsp3) is 0.625. The molecule has 1 aliphatic heterocycles. The number of epoxide rings is 1. The van der Waals surface area contributed by atoms with E-state index in [0.717, 1.165) is 19.4 Å². The van der Waals surface area contributed by atoms with Crippen LogP contribution in [0.25, 0.3) is 0 Å². The van der Waals surface area contributed by atoms with Crippen LogP contribution in [0.1, 0.15) is 40.0 Å². The largest absolute Gasteiger partial charge is 0.485 e. The van der Waals surface area contributed by atoms with E-state index in [1.807, 2.05) is 13.8 Å². The molecule has 0 aliphatic carbocycles. The van der Waals surface area contributed by atoms with Gasteiger partial charge in [-0.05, 0) is 44.5 Å². The van der Waals surface area contributed by atoms with E-state index >= 15 is 0 Å². The van der Waals surface area contributed by atoms with Crippen molar-refractivity contribution < 1.29 is 17.9 Å². The smallest absolute Gasteiger partial charge is 0.178 e. The molecule has 1 fully saturated rings. The molecule has 1 unspecified atom stereocenters. The summed E-state index contributed by atoms with van der Waals surface area (Å²) < 4.78 is 35.5. The molecule has 1 heterocycles. The minimum absolute atomic E-state index is 0.120. The molecule has 2 rings (SSSR count). The van der Waals surface area contributed by atoms with Crippen LogP contribution in [-0.2, 0) is 14.6 Å². The van der Waals surface area contributed by atoms with Gasteiger partial charge in [-0.1, -0.05) is 19.8 Å². The van der Waals surface area contributed by atoms with Gasteiger partial charge in [-0.2, -0.15) is 0 Å². The number of rotatable bonds is 8. The number of hydrogen-bond donors (Lipinski definition) is 0. The van der Waals surface area contributed by atoms with Crippen LogP contribution in [0.5, 0.6) is 5.75 Å². The van der Waals surface area contributed by atoms with Crippen molar-refractivity contribution in [2.45, 2.75) is 56.6 Å². The van der Waals surface area contributed by atoms with Crippen LogP contribution in [0.15, 0.2) is 29.2 Å². The number of sulfone groups is 1. The molecule has 0 spiro atoms. The first kappa shape index (κ1) is 16.3.